The molecule has 254 valence electrons. The van der Waals surface area contributed by atoms with Crippen LogP contribution in [0.15, 0.2) is 59.0 Å². The zero-order chi connectivity index (χ0) is 34.2. The van der Waals surface area contributed by atoms with Gasteiger partial charge in [-0.2, -0.15) is 0 Å². The molecule has 5 rings (SSSR count). The van der Waals surface area contributed by atoms with E-state index in [9.17, 15) is 29.1 Å². The lowest BCUT2D eigenvalue weighted by Crippen LogP contribution is -2.35. The Morgan fingerprint density at radius 3 is 2.00 bits per heavy atom. The van der Waals surface area contributed by atoms with Gasteiger partial charge in [0.1, 0.15) is 13.1 Å². The van der Waals surface area contributed by atoms with Crippen LogP contribution in [0.3, 0.4) is 0 Å². The molecular weight excluding hydrogens is 620 g/mol. The molecule has 1 aromatic rings. The van der Waals surface area contributed by atoms with E-state index in [4.69, 9.17) is 10.4 Å². The summed E-state index contributed by atoms with van der Waals surface area (Å²) in [5, 5.41) is 36.9. The van der Waals surface area contributed by atoms with Crippen LogP contribution in [0.1, 0.15) is 69.8 Å². The molecule has 14 nitrogen and oxygen atoms in total. The monoisotopic (exact) mass is 660 g/mol. The summed E-state index contributed by atoms with van der Waals surface area (Å²) in [6, 6.07) is 5.16. The summed E-state index contributed by atoms with van der Waals surface area (Å²) in [6.45, 7) is 3.29. The van der Waals surface area contributed by atoms with E-state index in [1.54, 1.807) is 24.3 Å². The second kappa shape index (κ2) is 15.7. The molecule has 48 heavy (non-hydrogen) atoms. The van der Waals surface area contributed by atoms with E-state index >= 15 is 0 Å². The Labute approximate surface area is 277 Å². The number of allylic oxidation sites excluding steroid dienone is 5. The van der Waals surface area contributed by atoms with Gasteiger partial charge in [0.15, 0.2) is 5.78 Å². The first-order valence-corrected chi connectivity index (χ1v) is 16.3. The van der Waals surface area contributed by atoms with Crippen LogP contribution in [-0.4, -0.2) is 76.3 Å². The average Bonchev–Trinajstić information content (AvgIpc) is 3.11. The van der Waals surface area contributed by atoms with Crippen molar-refractivity contribution in [2.45, 2.75) is 64.2 Å². The highest BCUT2D eigenvalue weighted by atomic mass is 16.5. The summed E-state index contributed by atoms with van der Waals surface area (Å²) in [7, 11) is 0. The van der Waals surface area contributed by atoms with Crippen molar-refractivity contribution in [2.24, 2.45) is 0 Å². The number of piperidine rings is 2. The maximum absolute atomic E-state index is 13.8. The number of hydrogen-bond acceptors (Lipinski definition) is 9. The Kier molecular flexibility index (Phi) is 11.2. The number of nitrogens with zero attached hydrogens (tertiary/aromatic N) is 2. The predicted molar refractivity (Wildman–Crippen MR) is 173 cm³/mol. The van der Waals surface area contributed by atoms with Gasteiger partial charge in [-0.25, -0.2) is 15.5 Å². The Balaban J connectivity index is 1.50. The van der Waals surface area contributed by atoms with Crippen LogP contribution >= 0.6 is 0 Å². The quantitative estimate of drug-likeness (QED) is 0.0927. The number of carbonyl (C=O) groups excluding carboxylic acids is 5. The molecule has 2 saturated heterocycles. The van der Waals surface area contributed by atoms with Crippen molar-refractivity contribution in [1.29, 1.82) is 0 Å². The van der Waals surface area contributed by atoms with Crippen molar-refractivity contribution in [2.75, 3.05) is 36.4 Å². The van der Waals surface area contributed by atoms with E-state index in [1.807, 2.05) is 12.1 Å². The predicted octanol–water partition coefficient (Wildman–Crippen LogP) is 1.34. The van der Waals surface area contributed by atoms with Crippen LogP contribution < -0.4 is 31.6 Å². The molecule has 0 aromatic heterocycles. The maximum Gasteiger partial charge on any atom is 0.243 e. The molecule has 0 atom stereocenters. The molecule has 0 unspecified atom stereocenters. The van der Waals surface area contributed by atoms with Gasteiger partial charge in [0, 0.05) is 91.7 Å². The number of nitrogens with one attached hydrogen (secondary N) is 4. The van der Waals surface area contributed by atoms with Crippen molar-refractivity contribution < 1.29 is 44.1 Å². The number of benzene rings is 1. The second-order valence-corrected chi connectivity index (χ2v) is 12.1. The Hall–Kier alpha value is -5.08. The lowest BCUT2D eigenvalue weighted by atomic mass is 9.78. The highest BCUT2D eigenvalue weighted by molar-refractivity contribution is 6.40. The zero-order valence-corrected chi connectivity index (χ0v) is 26.6. The first-order chi connectivity index (χ1) is 23.2. The number of hydrogen-bond donors (Lipinski definition) is 6. The number of hydroxylamine groups is 2. The maximum atomic E-state index is 13.8. The van der Waals surface area contributed by atoms with E-state index in [2.05, 4.69) is 20.1 Å². The third-order valence-electron chi connectivity index (χ3n) is 8.85. The Morgan fingerprint density at radius 2 is 1.38 bits per heavy atom. The van der Waals surface area contributed by atoms with Crippen LogP contribution in [0.2, 0.25) is 0 Å². The highest BCUT2D eigenvalue weighted by Crippen LogP contribution is 2.42. The smallest absolute Gasteiger partial charge is 0.243 e. The molecule has 2 fully saturated rings. The van der Waals surface area contributed by atoms with Crippen LogP contribution in [-0.2, 0) is 24.0 Å². The second-order valence-electron chi connectivity index (χ2n) is 12.1. The van der Waals surface area contributed by atoms with E-state index in [0.29, 0.717) is 0 Å². The van der Waals surface area contributed by atoms with Crippen LogP contribution in [0.5, 0.6) is 0 Å². The molecule has 6 N–H and O–H groups in total. The number of amides is 4. The molecular formula is C34H40N6O8. The third-order valence-corrected chi connectivity index (χ3v) is 8.85. The molecule has 0 spiro atoms. The molecule has 2 aliphatic heterocycles. The SMILES string of the molecule is O=C(CCC(=O)NC1=CC(=[N+]2CCCCC2)C=C/C1=C1\C(=O)C(c2ccc(N3CCCCC3)cc2NC(=O)CCC(=O)NO)=C1[O-])NO. The van der Waals surface area contributed by atoms with Gasteiger partial charge in [0.2, 0.25) is 29.3 Å². The summed E-state index contributed by atoms with van der Waals surface area (Å²) < 4.78 is 2.16. The number of carbonyl (C=O) groups is 5. The lowest BCUT2D eigenvalue weighted by molar-refractivity contribution is -0.535. The third kappa shape index (κ3) is 7.89. The van der Waals surface area contributed by atoms with Crippen LogP contribution in [0, 0.1) is 0 Å². The number of anilines is 2. The minimum atomic E-state index is -0.726. The number of Topliss-reactive ketones (excluding diaryl/α,β-unsaturated/α-hetero) is 1. The average molecular weight is 661 g/mol. The van der Waals surface area contributed by atoms with Crippen LogP contribution in [0.4, 0.5) is 11.4 Å². The topological polar surface area (TPSA) is 203 Å². The van der Waals surface area contributed by atoms with Gasteiger partial charge in [0.25, 0.3) is 0 Å². The Bertz CT molecular complexity index is 1660. The fourth-order valence-corrected chi connectivity index (χ4v) is 6.28. The molecule has 14 heteroatoms. The lowest BCUT2D eigenvalue weighted by Gasteiger charge is -2.35. The van der Waals surface area contributed by atoms with Gasteiger partial charge >= 0.3 is 0 Å². The molecule has 0 radical (unpaired) electrons. The van der Waals surface area contributed by atoms with E-state index in [-0.39, 0.29) is 59.4 Å². The molecule has 4 aliphatic rings. The molecule has 4 amide bonds. The van der Waals surface area contributed by atoms with Crippen molar-refractivity contribution >= 4 is 52.1 Å². The zero-order valence-electron chi connectivity index (χ0n) is 26.6. The van der Waals surface area contributed by atoms with Crippen LogP contribution in [0.25, 0.3) is 5.57 Å². The van der Waals surface area contributed by atoms with Gasteiger partial charge < -0.3 is 20.6 Å². The van der Waals surface area contributed by atoms with Crippen molar-refractivity contribution in [3.63, 3.8) is 0 Å². The van der Waals surface area contributed by atoms with Crippen molar-refractivity contribution in [3.8, 4) is 0 Å². The molecule has 0 bridgehead atoms. The fourth-order valence-electron chi connectivity index (χ4n) is 6.28. The van der Waals surface area contributed by atoms with E-state index < -0.39 is 35.2 Å². The summed E-state index contributed by atoms with van der Waals surface area (Å²) in [5.74, 6) is -3.63. The van der Waals surface area contributed by atoms with Gasteiger partial charge in [-0.1, -0.05) is 11.8 Å². The molecule has 0 saturated carbocycles. The summed E-state index contributed by atoms with van der Waals surface area (Å²) in [5.41, 5.74) is 5.36. The van der Waals surface area contributed by atoms with Gasteiger partial charge in [-0.05, 0) is 43.9 Å². The highest BCUT2D eigenvalue weighted by Gasteiger charge is 2.35. The van der Waals surface area contributed by atoms with Gasteiger partial charge in [-0.15, -0.1) is 0 Å². The molecule has 1 aromatic carbocycles. The summed E-state index contributed by atoms with van der Waals surface area (Å²) in [6.07, 6.45) is 10.4. The van der Waals surface area contributed by atoms with Gasteiger partial charge in [-0.3, -0.25) is 34.4 Å². The summed E-state index contributed by atoms with van der Waals surface area (Å²) >= 11 is 0. The number of rotatable bonds is 10. The standard InChI is InChI=1S/C34H40N6O8/c41-27(11-13-29(43)37-47)35-25-19-21(39-15-3-1-4-16-39)7-9-23(25)31-33(45)32(34(31)46)24-10-8-22(40-17-5-2-6-18-40)20-26(24)36-28(42)12-14-30(44)38-48/h7-10,19-20H,1-6,11-18H2,(H6,35,36,37,38,41,42,43,44,45,46,47,48). The molecule has 2 aliphatic carbocycles. The van der Waals surface area contributed by atoms with Gasteiger partial charge in [0.05, 0.1) is 11.4 Å². The van der Waals surface area contributed by atoms with E-state index in [0.717, 1.165) is 76.1 Å². The first kappa shape index (κ1) is 34.3. The van der Waals surface area contributed by atoms with E-state index in [1.165, 1.54) is 11.0 Å². The van der Waals surface area contributed by atoms with Crippen molar-refractivity contribution in [3.05, 3.63) is 64.6 Å². The first-order valence-electron chi connectivity index (χ1n) is 16.3. The van der Waals surface area contributed by atoms with Crippen molar-refractivity contribution in [1.82, 2.24) is 16.3 Å². The fraction of sp³-hybridized carbons (Fsp3) is 0.412. The Morgan fingerprint density at radius 1 is 0.771 bits per heavy atom. The molecule has 2 heterocycles. The normalized spacial score (nSPS) is 19.4. The minimum absolute atomic E-state index is 0.115. The largest absolute Gasteiger partial charge is 0.871 e. The minimum Gasteiger partial charge on any atom is -0.871 e. The number of ketones is 1. The summed E-state index contributed by atoms with van der Waals surface area (Å²) in [4.78, 5) is 64.6.